The van der Waals surface area contributed by atoms with E-state index in [-0.39, 0.29) is 6.10 Å². The lowest BCUT2D eigenvalue weighted by atomic mass is 9.93. The highest BCUT2D eigenvalue weighted by molar-refractivity contribution is 5.16. The van der Waals surface area contributed by atoms with E-state index in [1.54, 1.807) is 0 Å². The molecule has 0 bridgehead atoms. The van der Waals surface area contributed by atoms with Crippen LogP contribution in [0, 0.1) is 0 Å². The van der Waals surface area contributed by atoms with Crippen molar-refractivity contribution >= 4 is 0 Å². The molecule has 1 saturated carbocycles. The molecule has 2 N–H and O–H groups in total. The summed E-state index contributed by atoms with van der Waals surface area (Å²) in [7, 11) is 0. The Balaban J connectivity index is 1.89. The predicted octanol–water partition coefficient (Wildman–Crippen LogP) is 3.03. The number of benzene rings is 1. The van der Waals surface area contributed by atoms with Crippen molar-refractivity contribution < 1.29 is 4.74 Å². The second kappa shape index (κ2) is 5.46. The molecule has 2 heteroatoms. The molecule has 2 rings (SSSR count). The molecule has 88 valence electrons. The van der Waals surface area contributed by atoms with E-state index in [2.05, 4.69) is 31.2 Å². The van der Waals surface area contributed by atoms with Gasteiger partial charge in [0.1, 0.15) is 0 Å². The van der Waals surface area contributed by atoms with E-state index in [1.165, 1.54) is 12.0 Å². The maximum absolute atomic E-state index is 6.07. The maximum Gasteiger partial charge on any atom is 0.0800 e. The molecule has 16 heavy (non-hydrogen) atoms. The van der Waals surface area contributed by atoms with E-state index in [9.17, 15) is 0 Å². The van der Waals surface area contributed by atoms with Crippen molar-refractivity contribution in [2.24, 2.45) is 5.73 Å². The molecule has 3 atom stereocenters. The molecule has 0 amide bonds. The third-order valence-electron chi connectivity index (χ3n) is 3.33. The zero-order chi connectivity index (χ0) is 11.4. The third kappa shape index (κ3) is 3.06. The molecule has 0 saturated heterocycles. The summed E-state index contributed by atoms with van der Waals surface area (Å²) in [6.07, 6.45) is 5.05. The van der Waals surface area contributed by atoms with Gasteiger partial charge in [0.25, 0.3) is 0 Å². The van der Waals surface area contributed by atoms with Crippen LogP contribution >= 0.6 is 0 Å². The van der Waals surface area contributed by atoms with E-state index in [1.807, 2.05) is 6.07 Å². The van der Waals surface area contributed by atoms with Crippen molar-refractivity contribution in [1.82, 2.24) is 0 Å². The molecule has 2 nitrogen and oxygen atoms in total. The lowest BCUT2D eigenvalue weighted by Crippen LogP contribution is -2.32. The van der Waals surface area contributed by atoms with Crippen LogP contribution in [0.25, 0.3) is 0 Å². The number of nitrogens with two attached hydrogens (primary N) is 1. The first-order chi connectivity index (χ1) is 7.75. The molecule has 0 aromatic heterocycles. The Bertz CT molecular complexity index is 312. The van der Waals surface area contributed by atoms with Gasteiger partial charge in [-0.15, -0.1) is 0 Å². The lowest BCUT2D eigenvalue weighted by Gasteiger charge is -2.29. The minimum absolute atomic E-state index is 0.177. The van der Waals surface area contributed by atoms with Gasteiger partial charge < -0.3 is 10.5 Å². The van der Waals surface area contributed by atoms with Gasteiger partial charge in [-0.3, -0.25) is 0 Å². The van der Waals surface area contributed by atoms with Crippen LogP contribution in [0.2, 0.25) is 0 Å². The van der Waals surface area contributed by atoms with Gasteiger partial charge in [0.05, 0.1) is 12.2 Å². The topological polar surface area (TPSA) is 35.2 Å². The molecule has 1 aliphatic carbocycles. The first-order valence-corrected chi connectivity index (χ1v) is 6.21. The smallest absolute Gasteiger partial charge is 0.0800 e. The Morgan fingerprint density at radius 1 is 1.25 bits per heavy atom. The molecule has 0 spiro atoms. The maximum atomic E-state index is 6.07. The molecular weight excluding hydrogens is 198 g/mol. The largest absolute Gasteiger partial charge is 0.371 e. The van der Waals surface area contributed by atoms with Crippen LogP contribution in [0.4, 0.5) is 0 Å². The van der Waals surface area contributed by atoms with Crippen LogP contribution in [0.1, 0.15) is 44.3 Å². The normalized spacial score (nSPS) is 27.6. The van der Waals surface area contributed by atoms with Crippen molar-refractivity contribution in [1.29, 1.82) is 0 Å². The second-order valence-electron chi connectivity index (χ2n) is 4.74. The fourth-order valence-electron chi connectivity index (χ4n) is 2.40. The minimum atomic E-state index is 0.177. The quantitative estimate of drug-likeness (QED) is 0.848. The van der Waals surface area contributed by atoms with Gasteiger partial charge in [0.15, 0.2) is 0 Å². The summed E-state index contributed by atoms with van der Waals surface area (Å²) in [5.74, 6) is 0. The second-order valence-corrected chi connectivity index (χ2v) is 4.74. The molecule has 0 radical (unpaired) electrons. The lowest BCUT2D eigenvalue weighted by molar-refractivity contribution is -0.0257. The van der Waals surface area contributed by atoms with Gasteiger partial charge in [-0.05, 0) is 38.2 Å². The number of ether oxygens (including phenoxy) is 1. The zero-order valence-electron chi connectivity index (χ0n) is 9.93. The van der Waals surface area contributed by atoms with Gasteiger partial charge in [-0.25, -0.2) is 0 Å². The van der Waals surface area contributed by atoms with E-state index in [4.69, 9.17) is 10.5 Å². The Hall–Kier alpha value is -0.860. The molecule has 0 heterocycles. The van der Waals surface area contributed by atoms with Crippen molar-refractivity contribution in [3.05, 3.63) is 35.9 Å². The Labute approximate surface area is 97.8 Å². The summed E-state index contributed by atoms with van der Waals surface area (Å²) in [5, 5.41) is 0. The summed E-state index contributed by atoms with van der Waals surface area (Å²) in [6, 6.07) is 10.7. The van der Waals surface area contributed by atoms with E-state index in [0.717, 1.165) is 19.3 Å². The minimum Gasteiger partial charge on any atom is -0.371 e. The van der Waals surface area contributed by atoms with Crippen LogP contribution in [0.3, 0.4) is 0 Å². The third-order valence-corrected chi connectivity index (χ3v) is 3.33. The number of rotatable bonds is 3. The van der Waals surface area contributed by atoms with E-state index in [0.29, 0.717) is 12.1 Å². The average Bonchev–Trinajstić information content (AvgIpc) is 2.30. The SMILES string of the molecule is CC(OC1CCCC(N)C1)c1ccccc1. The van der Waals surface area contributed by atoms with E-state index >= 15 is 0 Å². The summed E-state index contributed by atoms with van der Waals surface area (Å²) in [6.45, 7) is 2.12. The Morgan fingerprint density at radius 3 is 2.69 bits per heavy atom. The van der Waals surface area contributed by atoms with Crippen molar-refractivity contribution in [3.63, 3.8) is 0 Å². The fraction of sp³-hybridized carbons (Fsp3) is 0.571. The summed E-state index contributed by atoms with van der Waals surface area (Å²) >= 11 is 0. The zero-order valence-corrected chi connectivity index (χ0v) is 9.93. The molecule has 1 fully saturated rings. The van der Waals surface area contributed by atoms with Crippen molar-refractivity contribution in [3.8, 4) is 0 Å². The Morgan fingerprint density at radius 2 is 2.00 bits per heavy atom. The van der Waals surface area contributed by atoms with Gasteiger partial charge >= 0.3 is 0 Å². The predicted molar refractivity (Wildman–Crippen MR) is 66.2 cm³/mol. The first kappa shape index (κ1) is 11.6. The standard InChI is InChI=1S/C14H21NO/c1-11(12-6-3-2-4-7-12)16-14-9-5-8-13(15)10-14/h2-4,6-7,11,13-14H,5,8-10,15H2,1H3. The number of hydrogen-bond acceptors (Lipinski definition) is 2. The summed E-state index contributed by atoms with van der Waals surface area (Å²) in [5.41, 5.74) is 7.21. The molecule has 1 aromatic rings. The fourth-order valence-corrected chi connectivity index (χ4v) is 2.40. The van der Waals surface area contributed by atoms with Crippen LogP contribution in [0.5, 0.6) is 0 Å². The van der Waals surface area contributed by atoms with Crippen LogP contribution in [-0.4, -0.2) is 12.1 Å². The molecule has 1 aromatic carbocycles. The molecule has 0 aliphatic heterocycles. The number of hydrogen-bond donors (Lipinski definition) is 1. The van der Waals surface area contributed by atoms with Crippen LogP contribution < -0.4 is 5.73 Å². The average molecular weight is 219 g/mol. The van der Waals surface area contributed by atoms with E-state index < -0.39 is 0 Å². The van der Waals surface area contributed by atoms with Gasteiger partial charge in [0.2, 0.25) is 0 Å². The molecule has 1 aliphatic rings. The van der Waals surface area contributed by atoms with Crippen LogP contribution in [-0.2, 0) is 4.74 Å². The summed E-state index contributed by atoms with van der Waals surface area (Å²) < 4.78 is 6.07. The van der Waals surface area contributed by atoms with Gasteiger partial charge in [0, 0.05) is 6.04 Å². The van der Waals surface area contributed by atoms with Gasteiger partial charge in [-0.2, -0.15) is 0 Å². The first-order valence-electron chi connectivity index (χ1n) is 6.21. The highest BCUT2D eigenvalue weighted by Crippen LogP contribution is 2.26. The van der Waals surface area contributed by atoms with Crippen molar-refractivity contribution in [2.45, 2.75) is 50.9 Å². The monoisotopic (exact) mass is 219 g/mol. The van der Waals surface area contributed by atoms with Crippen LogP contribution in [0.15, 0.2) is 30.3 Å². The molecule has 3 unspecified atom stereocenters. The molecular formula is C14H21NO. The highest BCUT2D eigenvalue weighted by atomic mass is 16.5. The van der Waals surface area contributed by atoms with Gasteiger partial charge in [-0.1, -0.05) is 30.3 Å². The highest BCUT2D eigenvalue weighted by Gasteiger charge is 2.21. The summed E-state index contributed by atoms with van der Waals surface area (Å²) in [4.78, 5) is 0. The Kier molecular flexibility index (Phi) is 3.97. The van der Waals surface area contributed by atoms with Crippen molar-refractivity contribution in [2.75, 3.05) is 0 Å².